The van der Waals surface area contributed by atoms with Gasteiger partial charge in [0.2, 0.25) is 5.91 Å². The van der Waals surface area contributed by atoms with Crippen LogP contribution < -0.4 is 5.32 Å². The van der Waals surface area contributed by atoms with Gasteiger partial charge in [0.15, 0.2) is 5.78 Å². The number of hydrogen-bond donors (Lipinski definition) is 1. The van der Waals surface area contributed by atoms with E-state index in [1.807, 2.05) is 13.0 Å². The molecule has 0 saturated carbocycles. The Labute approximate surface area is 94.2 Å². The van der Waals surface area contributed by atoms with Crippen molar-refractivity contribution >= 4 is 28.8 Å². The smallest absolute Gasteiger partial charge is 0.227 e. The molecule has 3 nitrogen and oxygen atoms in total. The Bertz CT molecular complexity index is 356. The normalized spacial score (nSPS) is 14.7. The molecule has 0 aromatic carbocycles. The van der Waals surface area contributed by atoms with Gasteiger partial charge in [-0.2, -0.15) is 0 Å². The number of ketones is 1. The molecule has 0 saturated heterocycles. The van der Waals surface area contributed by atoms with Gasteiger partial charge in [0, 0.05) is 23.4 Å². The minimum absolute atomic E-state index is 0.117. The van der Waals surface area contributed by atoms with Gasteiger partial charge in [-0.1, -0.05) is 30.4 Å². The monoisotopic (exact) mass is 223 g/mol. The molecule has 1 aliphatic carbocycles. The summed E-state index contributed by atoms with van der Waals surface area (Å²) in [5.74, 6) is -0.448. The van der Waals surface area contributed by atoms with Gasteiger partial charge in [0.1, 0.15) is 0 Å². The number of amides is 1. The van der Waals surface area contributed by atoms with Crippen molar-refractivity contribution in [1.82, 2.24) is 5.32 Å². The molecule has 1 N–H and O–H groups in total. The fourth-order valence-corrected chi connectivity index (χ4v) is 1.57. The van der Waals surface area contributed by atoms with Gasteiger partial charge in [-0.15, -0.1) is 0 Å². The molecule has 0 atom stereocenters. The average Bonchev–Trinajstić information content (AvgIpc) is 2.18. The minimum Gasteiger partial charge on any atom is -0.356 e. The van der Waals surface area contributed by atoms with E-state index in [-0.39, 0.29) is 18.1 Å². The third-order valence-corrected chi connectivity index (χ3v) is 2.38. The maximum Gasteiger partial charge on any atom is 0.227 e. The average molecular weight is 223 g/mol. The Morgan fingerprint density at radius 1 is 1.53 bits per heavy atom. The maximum atomic E-state index is 11.6. The molecular weight excluding hydrogens is 210 g/mol. The van der Waals surface area contributed by atoms with E-state index in [9.17, 15) is 9.59 Å². The van der Waals surface area contributed by atoms with Crippen molar-refractivity contribution in [2.24, 2.45) is 0 Å². The third-order valence-electron chi connectivity index (χ3n) is 2.00. The van der Waals surface area contributed by atoms with Crippen LogP contribution in [0.4, 0.5) is 0 Å². The molecule has 0 heterocycles. The number of nitrogens with one attached hydrogen (secondary N) is 1. The summed E-state index contributed by atoms with van der Waals surface area (Å²) < 4.78 is 0. The third kappa shape index (κ3) is 3.40. The second kappa shape index (κ2) is 5.56. The molecule has 0 aliphatic heterocycles. The zero-order chi connectivity index (χ0) is 11.3. The van der Waals surface area contributed by atoms with Crippen LogP contribution in [0, 0.1) is 0 Å². The van der Waals surface area contributed by atoms with Crippen LogP contribution in [0.2, 0.25) is 0 Å². The molecule has 80 valence electrons. The summed E-state index contributed by atoms with van der Waals surface area (Å²) >= 11 is 5.05. The Kier molecular flexibility index (Phi) is 4.37. The van der Waals surface area contributed by atoms with E-state index >= 15 is 0 Å². The van der Waals surface area contributed by atoms with Crippen LogP contribution >= 0.6 is 12.2 Å². The summed E-state index contributed by atoms with van der Waals surface area (Å²) in [5, 5.41) is 2.58. The van der Waals surface area contributed by atoms with E-state index < -0.39 is 0 Å². The van der Waals surface area contributed by atoms with E-state index in [2.05, 4.69) is 5.32 Å². The maximum absolute atomic E-state index is 11.6. The van der Waals surface area contributed by atoms with Gasteiger partial charge in [-0.25, -0.2) is 0 Å². The Morgan fingerprint density at radius 3 is 2.87 bits per heavy atom. The number of Topliss-reactive ketones (excluding diaryl/α,β-unsaturated/α-hetero) is 1. The van der Waals surface area contributed by atoms with Crippen molar-refractivity contribution in [1.29, 1.82) is 0 Å². The van der Waals surface area contributed by atoms with E-state index in [1.165, 1.54) is 0 Å². The lowest BCUT2D eigenvalue weighted by molar-refractivity contribution is -0.126. The Hall–Kier alpha value is -1.29. The van der Waals surface area contributed by atoms with Crippen molar-refractivity contribution in [2.45, 2.75) is 19.8 Å². The molecule has 0 bridgehead atoms. The summed E-state index contributed by atoms with van der Waals surface area (Å²) in [6.45, 7) is 2.35. The predicted molar refractivity (Wildman–Crippen MR) is 62.7 cm³/mol. The first kappa shape index (κ1) is 11.8. The van der Waals surface area contributed by atoms with E-state index in [4.69, 9.17) is 12.2 Å². The van der Waals surface area contributed by atoms with Gasteiger partial charge in [-0.05, 0) is 6.92 Å². The van der Waals surface area contributed by atoms with Crippen molar-refractivity contribution < 1.29 is 9.59 Å². The van der Waals surface area contributed by atoms with Crippen LogP contribution in [-0.4, -0.2) is 23.1 Å². The van der Waals surface area contributed by atoms with Crippen molar-refractivity contribution in [2.75, 3.05) is 6.54 Å². The van der Waals surface area contributed by atoms with E-state index in [1.54, 1.807) is 12.2 Å². The Balaban J connectivity index is 2.60. The van der Waals surface area contributed by atoms with Crippen LogP contribution in [0.25, 0.3) is 0 Å². The van der Waals surface area contributed by atoms with Gasteiger partial charge in [-0.3, -0.25) is 9.59 Å². The molecule has 1 amide bonds. The molecule has 0 spiro atoms. The highest BCUT2D eigenvalue weighted by Crippen LogP contribution is 2.12. The predicted octanol–water partition coefficient (Wildman–Crippen LogP) is 1.34. The summed E-state index contributed by atoms with van der Waals surface area (Å²) in [5.41, 5.74) is 0.499. The first-order valence-electron chi connectivity index (χ1n) is 4.85. The molecule has 0 aromatic rings. The van der Waals surface area contributed by atoms with Crippen molar-refractivity contribution in [3.63, 3.8) is 0 Å². The number of carbonyl (C=O) groups excluding carboxylic acids is 2. The summed E-state index contributed by atoms with van der Waals surface area (Å²) in [4.78, 5) is 23.4. The molecule has 0 fully saturated rings. The molecule has 0 radical (unpaired) electrons. The standard InChI is InChI=1S/C11H13NO2S/c1-2-12-11(14)7-9(13)8-5-3-4-6-10(8)15/h3-5H,2,6-7H2,1H3,(H,12,14). The summed E-state index contributed by atoms with van der Waals surface area (Å²) in [6, 6.07) is 0. The topological polar surface area (TPSA) is 46.2 Å². The molecule has 1 aliphatic rings. The van der Waals surface area contributed by atoms with Crippen LogP contribution in [0.1, 0.15) is 19.8 Å². The summed E-state index contributed by atoms with van der Waals surface area (Å²) in [7, 11) is 0. The molecule has 0 unspecified atom stereocenters. The van der Waals surface area contributed by atoms with Crippen LogP contribution in [-0.2, 0) is 9.59 Å². The zero-order valence-corrected chi connectivity index (χ0v) is 9.39. The van der Waals surface area contributed by atoms with Crippen molar-refractivity contribution in [3.05, 3.63) is 23.8 Å². The first-order valence-corrected chi connectivity index (χ1v) is 5.26. The van der Waals surface area contributed by atoms with Crippen molar-refractivity contribution in [3.8, 4) is 0 Å². The van der Waals surface area contributed by atoms with Crippen LogP contribution in [0.3, 0.4) is 0 Å². The fraction of sp³-hybridized carbons (Fsp3) is 0.364. The number of thiocarbonyl (C=S) groups is 1. The number of hydrogen-bond acceptors (Lipinski definition) is 3. The zero-order valence-electron chi connectivity index (χ0n) is 8.58. The second-order valence-electron chi connectivity index (χ2n) is 3.19. The van der Waals surface area contributed by atoms with E-state index in [0.29, 0.717) is 23.4 Å². The van der Waals surface area contributed by atoms with Gasteiger partial charge in [0.25, 0.3) is 0 Å². The molecule has 15 heavy (non-hydrogen) atoms. The molecule has 1 rings (SSSR count). The minimum atomic E-state index is -0.249. The first-order chi connectivity index (χ1) is 7.15. The van der Waals surface area contributed by atoms with E-state index in [0.717, 1.165) is 0 Å². The second-order valence-corrected chi connectivity index (χ2v) is 3.68. The highest BCUT2D eigenvalue weighted by atomic mass is 32.1. The highest BCUT2D eigenvalue weighted by Gasteiger charge is 2.17. The quantitative estimate of drug-likeness (QED) is 0.578. The lowest BCUT2D eigenvalue weighted by atomic mass is 9.99. The van der Waals surface area contributed by atoms with Crippen LogP contribution in [0.15, 0.2) is 23.8 Å². The lowest BCUT2D eigenvalue weighted by Gasteiger charge is -2.09. The fourth-order valence-electron chi connectivity index (χ4n) is 1.29. The number of carbonyl (C=O) groups is 2. The number of rotatable bonds is 4. The van der Waals surface area contributed by atoms with Gasteiger partial charge < -0.3 is 5.32 Å². The molecule has 0 aromatic heterocycles. The SMILES string of the molecule is CCNC(=O)CC(=O)C1=CC=CCC1=S. The lowest BCUT2D eigenvalue weighted by Crippen LogP contribution is -2.27. The summed E-state index contributed by atoms with van der Waals surface area (Å²) in [6.07, 6.45) is 5.86. The highest BCUT2D eigenvalue weighted by molar-refractivity contribution is 7.81. The largest absolute Gasteiger partial charge is 0.356 e. The Morgan fingerprint density at radius 2 is 2.27 bits per heavy atom. The number of allylic oxidation sites excluding steroid dienone is 4. The van der Waals surface area contributed by atoms with Gasteiger partial charge >= 0.3 is 0 Å². The van der Waals surface area contributed by atoms with Gasteiger partial charge in [0.05, 0.1) is 6.42 Å². The molecular formula is C11H13NO2S. The molecule has 4 heteroatoms. The van der Waals surface area contributed by atoms with Crippen LogP contribution in [0.5, 0.6) is 0 Å².